The van der Waals surface area contributed by atoms with Crippen LogP contribution in [0.3, 0.4) is 0 Å². The van der Waals surface area contributed by atoms with Crippen molar-refractivity contribution in [1.82, 2.24) is 0 Å². The third-order valence-electron chi connectivity index (χ3n) is 3.80. The van der Waals surface area contributed by atoms with E-state index in [1.165, 1.54) is 64.2 Å². The van der Waals surface area contributed by atoms with Gasteiger partial charge in [0.25, 0.3) is 0 Å². The summed E-state index contributed by atoms with van der Waals surface area (Å²) in [5, 5.41) is 18.8. The topological polar surface area (TPSA) is 136 Å². The predicted octanol–water partition coefficient (Wildman–Crippen LogP) is -1.84. The molecule has 0 aromatic heterocycles. The molecule has 0 amide bonds. The Kier molecular flexibility index (Phi) is 12.4. The molecule has 0 aliphatic heterocycles. The van der Waals surface area contributed by atoms with Crippen LogP contribution in [0.5, 0.6) is 0 Å². The van der Waals surface area contributed by atoms with Gasteiger partial charge in [-0.25, -0.2) is 0 Å². The first-order valence-electron chi connectivity index (χ1n) is 8.18. The van der Waals surface area contributed by atoms with E-state index in [0.717, 1.165) is 12.1 Å². The van der Waals surface area contributed by atoms with Crippen molar-refractivity contribution in [3.05, 3.63) is 12.2 Å². The van der Waals surface area contributed by atoms with E-state index in [1.54, 1.807) is 0 Å². The molecule has 6 N–H and O–H groups in total. The second-order valence-corrected chi connectivity index (χ2v) is 5.98. The number of carbonyl (C=O) groups is 2. The third-order valence-corrected chi connectivity index (χ3v) is 3.80. The Balaban J connectivity index is 0.000000301. The van der Waals surface area contributed by atoms with Gasteiger partial charge in [0.2, 0.25) is 0 Å². The fourth-order valence-corrected chi connectivity index (χ4v) is 2.51. The zero-order valence-electron chi connectivity index (χ0n) is 13.4. The molecule has 0 aromatic rings. The van der Waals surface area contributed by atoms with E-state index in [2.05, 4.69) is 11.5 Å². The van der Waals surface area contributed by atoms with Crippen LogP contribution in [0.4, 0.5) is 0 Å². The molecule has 0 bridgehead atoms. The zero-order chi connectivity index (χ0) is 16.8. The maximum Gasteiger partial charge on any atom is 0.0843 e. The SMILES string of the molecule is O=C([O-])C=CC(=O)[O-].[NH3+]C1CCCCC1.[NH3+]C1CCCCC1. The van der Waals surface area contributed by atoms with E-state index < -0.39 is 11.9 Å². The molecule has 128 valence electrons. The fourth-order valence-electron chi connectivity index (χ4n) is 2.51. The van der Waals surface area contributed by atoms with Gasteiger partial charge < -0.3 is 31.3 Å². The highest BCUT2D eigenvalue weighted by Crippen LogP contribution is 2.14. The van der Waals surface area contributed by atoms with Gasteiger partial charge in [0, 0.05) is 0 Å². The number of carboxylic acid groups (broad SMARTS) is 2. The smallest absolute Gasteiger partial charge is 0.0843 e. The van der Waals surface area contributed by atoms with Crippen LogP contribution >= 0.6 is 0 Å². The molecular formula is C16H30N2O4. The minimum Gasteiger partial charge on any atom is -0.545 e. The van der Waals surface area contributed by atoms with Crippen LogP contribution in [0.2, 0.25) is 0 Å². The Bertz CT molecular complexity index is 301. The number of carboxylic acids is 2. The van der Waals surface area contributed by atoms with E-state index in [4.69, 9.17) is 0 Å². The first-order chi connectivity index (χ1) is 10.4. The Hall–Kier alpha value is -1.40. The van der Waals surface area contributed by atoms with E-state index in [9.17, 15) is 19.8 Å². The quantitative estimate of drug-likeness (QED) is 0.579. The highest BCUT2D eigenvalue weighted by atomic mass is 16.4. The lowest BCUT2D eigenvalue weighted by Gasteiger charge is -2.12. The molecule has 0 spiro atoms. The number of rotatable bonds is 2. The van der Waals surface area contributed by atoms with Crippen molar-refractivity contribution in [2.75, 3.05) is 0 Å². The maximum atomic E-state index is 9.41. The van der Waals surface area contributed by atoms with Crippen molar-refractivity contribution in [2.45, 2.75) is 76.3 Å². The van der Waals surface area contributed by atoms with E-state index in [-0.39, 0.29) is 0 Å². The van der Waals surface area contributed by atoms with Crippen LogP contribution in [-0.4, -0.2) is 24.0 Å². The van der Waals surface area contributed by atoms with Crippen LogP contribution < -0.4 is 21.7 Å². The highest BCUT2D eigenvalue weighted by molar-refractivity contribution is 5.87. The summed E-state index contributed by atoms with van der Waals surface area (Å²) in [6, 6.07) is 1.57. The average Bonchev–Trinajstić information content (AvgIpc) is 2.48. The molecule has 0 unspecified atom stereocenters. The van der Waals surface area contributed by atoms with E-state index in [1.807, 2.05) is 0 Å². The molecule has 2 saturated carbocycles. The van der Waals surface area contributed by atoms with Gasteiger partial charge in [-0.2, -0.15) is 0 Å². The molecule has 2 fully saturated rings. The summed E-state index contributed by atoms with van der Waals surface area (Å²) in [7, 11) is 0. The molecular weight excluding hydrogens is 284 g/mol. The number of carbonyl (C=O) groups excluding carboxylic acids is 2. The Labute approximate surface area is 132 Å². The number of hydrogen-bond donors (Lipinski definition) is 2. The van der Waals surface area contributed by atoms with Crippen molar-refractivity contribution in [3.63, 3.8) is 0 Å². The van der Waals surface area contributed by atoms with Crippen molar-refractivity contribution in [2.24, 2.45) is 0 Å². The summed E-state index contributed by atoms with van der Waals surface area (Å²) in [5.74, 6) is -3.09. The Morgan fingerprint density at radius 2 is 0.955 bits per heavy atom. The Morgan fingerprint density at radius 3 is 1.09 bits per heavy atom. The first kappa shape index (κ1) is 20.6. The van der Waals surface area contributed by atoms with Gasteiger partial charge in [0.1, 0.15) is 0 Å². The summed E-state index contributed by atoms with van der Waals surface area (Å²) in [4.78, 5) is 18.8. The molecule has 6 nitrogen and oxygen atoms in total. The third kappa shape index (κ3) is 15.0. The summed E-state index contributed by atoms with van der Waals surface area (Å²) in [5.41, 5.74) is 8.00. The minimum absolute atomic E-state index is 0.384. The number of aliphatic carboxylic acids is 2. The monoisotopic (exact) mass is 314 g/mol. The normalized spacial score (nSPS) is 19.5. The lowest BCUT2D eigenvalue weighted by Crippen LogP contribution is -2.61. The molecule has 0 heterocycles. The molecule has 0 radical (unpaired) electrons. The van der Waals surface area contributed by atoms with Crippen molar-refractivity contribution >= 4 is 11.9 Å². The van der Waals surface area contributed by atoms with Crippen LogP contribution in [-0.2, 0) is 9.59 Å². The Morgan fingerprint density at radius 1 is 0.682 bits per heavy atom. The molecule has 2 aliphatic rings. The summed E-state index contributed by atoms with van der Waals surface area (Å²) in [6.45, 7) is 0. The van der Waals surface area contributed by atoms with E-state index in [0.29, 0.717) is 12.2 Å². The maximum absolute atomic E-state index is 9.41. The van der Waals surface area contributed by atoms with Gasteiger partial charge >= 0.3 is 0 Å². The molecule has 0 saturated heterocycles. The lowest BCUT2D eigenvalue weighted by atomic mass is 9.97. The van der Waals surface area contributed by atoms with Crippen LogP contribution in [0.25, 0.3) is 0 Å². The molecule has 0 atom stereocenters. The van der Waals surface area contributed by atoms with Crippen molar-refractivity contribution in [1.29, 1.82) is 0 Å². The van der Waals surface area contributed by atoms with Crippen molar-refractivity contribution in [3.8, 4) is 0 Å². The average molecular weight is 314 g/mol. The number of hydrogen-bond acceptors (Lipinski definition) is 4. The van der Waals surface area contributed by atoms with Crippen LogP contribution in [0.1, 0.15) is 64.2 Å². The van der Waals surface area contributed by atoms with Gasteiger partial charge in [-0.3, -0.25) is 0 Å². The summed E-state index contributed by atoms with van der Waals surface area (Å²) >= 11 is 0. The molecule has 2 aliphatic carbocycles. The highest BCUT2D eigenvalue weighted by Gasteiger charge is 2.10. The molecule has 22 heavy (non-hydrogen) atoms. The first-order valence-corrected chi connectivity index (χ1v) is 8.18. The zero-order valence-corrected chi connectivity index (χ0v) is 13.4. The predicted molar refractivity (Wildman–Crippen MR) is 78.7 cm³/mol. The van der Waals surface area contributed by atoms with Crippen molar-refractivity contribution < 1.29 is 31.3 Å². The van der Waals surface area contributed by atoms with Crippen LogP contribution in [0.15, 0.2) is 12.2 Å². The van der Waals surface area contributed by atoms with E-state index >= 15 is 0 Å². The van der Waals surface area contributed by atoms with Gasteiger partial charge in [-0.15, -0.1) is 0 Å². The summed E-state index contributed by atoms with van der Waals surface area (Å²) < 4.78 is 0. The lowest BCUT2D eigenvalue weighted by molar-refractivity contribution is -0.425. The second-order valence-electron chi connectivity index (χ2n) is 5.98. The number of quaternary nitrogens is 2. The van der Waals surface area contributed by atoms with Gasteiger partial charge in [-0.1, -0.05) is 12.8 Å². The molecule has 2 rings (SSSR count). The van der Waals surface area contributed by atoms with Gasteiger partial charge in [0.05, 0.1) is 24.0 Å². The minimum atomic E-state index is -1.55. The standard InChI is InChI=1S/2C6H13N.C4H4O4/c2*7-6-4-2-1-3-5-6;5-3(6)1-2-4(7)8/h2*6H,1-5,7H2;1-2H,(H,5,6)(H,7,8). The fraction of sp³-hybridized carbons (Fsp3) is 0.750. The second kappa shape index (κ2) is 13.3. The van der Waals surface area contributed by atoms with Gasteiger partial charge in [0.15, 0.2) is 0 Å². The largest absolute Gasteiger partial charge is 0.545 e. The molecule has 6 heteroatoms. The molecule has 0 aromatic carbocycles. The summed E-state index contributed by atoms with van der Waals surface area (Å²) in [6.07, 6.45) is 14.9. The van der Waals surface area contributed by atoms with Crippen LogP contribution in [0, 0.1) is 0 Å². The van der Waals surface area contributed by atoms with Gasteiger partial charge in [-0.05, 0) is 63.5 Å².